The summed E-state index contributed by atoms with van der Waals surface area (Å²) in [6.07, 6.45) is 1.47. The molecule has 1 N–H and O–H groups in total. The molecule has 0 fully saturated rings. The van der Waals surface area contributed by atoms with Gasteiger partial charge in [0, 0.05) is 11.1 Å². The highest BCUT2D eigenvalue weighted by Crippen LogP contribution is 2.25. The fourth-order valence-electron chi connectivity index (χ4n) is 2.06. The zero-order valence-electron chi connectivity index (χ0n) is 10.7. The molecule has 20 heavy (non-hydrogen) atoms. The molecule has 4 nitrogen and oxygen atoms in total. The van der Waals surface area contributed by atoms with Gasteiger partial charge in [-0.05, 0) is 41.1 Å². The average molecular weight is 331 g/mol. The lowest BCUT2D eigenvalue weighted by molar-refractivity contribution is 0.102. The van der Waals surface area contributed by atoms with Gasteiger partial charge in [0.2, 0.25) is 0 Å². The molecular weight excluding hydrogens is 320 g/mol. The molecule has 2 aromatic heterocycles. The van der Waals surface area contributed by atoms with Crippen molar-refractivity contribution in [1.29, 1.82) is 0 Å². The number of carbonyl (C=O) groups is 1. The predicted molar refractivity (Wildman–Crippen MR) is 80.8 cm³/mol. The molecule has 0 aliphatic heterocycles. The highest BCUT2D eigenvalue weighted by atomic mass is 79.9. The highest BCUT2D eigenvalue weighted by Gasteiger charge is 2.14. The molecule has 3 rings (SSSR count). The molecular formula is C15H11BrN2O2. The lowest BCUT2D eigenvalue weighted by atomic mass is 10.1. The van der Waals surface area contributed by atoms with Crippen molar-refractivity contribution in [3.63, 3.8) is 0 Å². The van der Waals surface area contributed by atoms with E-state index in [2.05, 4.69) is 26.2 Å². The van der Waals surface area contributed by atoms with E-state index in [1.165, 1.54) is 6.26 Å². The number of carbonyl (C=O) groups excluding carboxylic acids is 1. The third kappa shape index (κ3) is 2.32. The third-order valence-electron chi connectivity index (χ3n) is 2.96. The smallest absolute Gasteiger partial charge is 0.260 e. The summed E-state index contributed by atoms with van der Waals surface area (Å²) in [6, 6.07) is 11.2. The van der Waals surface area contributed by atoms with Crippen molar-refractivity contribution in [2.24, 2.45) is 0 Å². The van der Waals surface area contributed by atoms with Crippen LogP contribution in [0.3, 0.4) is 0 Å². The number of para-hydroxylation sites is 1. The van der Waals surface area contributed by atoms with Crippen LogP contribution in [0.2, 0.25) is 0 Å². The van der Waals surface area contributed by atoms with Gasteiger partial charge >= 0.3 is 0 Å². The molecule has 3 aromatic rings. The van der Waals surface area contributed by atoms with E-state index < -0.39 is 0 Å². The molecule has 0 bridgehead atoms. The number of rotatable bonds is 2. The number of amides is 1. The van der Waals surface area contributed by atoms with Gasteiger partial charge in [-0.2, -0.15) is 0 Å². The summed E-state index contributed by atoms with van der Waals surface area (Å²) in [6.45, 7) is 1.90. The maximum atomic E-state index is 12.2. The van der Waals surface area contributed by atoms with E-state index in [0.717, 1.165) is 22.3 Å². The van der Waals surface area contributed by atoms with Gasteiger partial charge in [0.1, 0.15) is 0 Å². The van der Waals surface area contributed by atoms with Gasteiger partial charge in [0.05, 0.1) is 23.0 Å². The Kier molecular flexibility index (Phi) is 3.28. The van der Waals surface area contributed by atoms with Crippen LogP contribution in [-0.4, -0.2) is 10.9 Å². The van der Waals surface area contributed by atoms with E-state index in [9.17, 15) is 4.79 Å². The van der Waals surface area contributed by atoms with E-state index >= 15 is 0 Å². The molecule has 0 atom stereocenters. The number of anilines is 1. The lowest BCUT2D eigenvalue weighted by Crippen LogP contribution is -2.12. The second kappa shape index (κ2) is 5.09. The van der Waals surface area contributed by atoms with Gasteiger partial charge in [0.25, 0.3) is 5.91 Å². The van der Waals surface area contributed by atoms with E-state index in [4.69, 9.17) is 4.42 Å². The summed E-state index contributed by atoms with van der Waals surface area (Å²) < 4.78 is 5.50. The Morgan fingerprint density at radius 2 is 2.10 bits per heavy atom. The van der Waals surface area contributed by atoms with Crippen LogP contribution in [0.5, 0.6) is 0 Å². The van der Waals surface area contributed by atoms with Crippen molar-refractivity contribution in [2.75, 3.05) is 5.32 Å². The maximum absolute atomic E-state index is 12.2. The van der Waals surface area contributed by atoms with E-state index in [-0.39, 0.29) is 5.91 Å². The van der Waals surface area contributed by atoms with Gasteiger partial charge in [-0.15, -0.1) is 0 Å². The van der Waals surface area contributed by atoms with E-state index in [0.29, 0.717) is 10.2 Å². The third-order valence-corrected chi connectivity index (χ3v) is 3.57. The number of pyridine rings is 1. The van der Waals surface area contributed by atoms with Crippen LogP contribution >= 0.6 is 15.9 Å². The number of nitrogens with zero attached hydrogens (tertiary/aromatic N) is 1. The summed E-state index contributed by atoms with van der Waals surface area (Å²) in [4.78, 5) is 16.7. The summed E-state index contributed by atoms with van der Waals surface area (Å²) in [5.41, 5.74) is 2.91. The number of nitrogens with one attached hydrogen (secondary N) is 1. The number of halogens is 1. The largest absolute Gasteiger partial charge is 0.457 e. The van der Waals surface area contributed by atoms with Gasteiger partial charge in [0.15, 0.2) is 4.67 Å². The number of benzene rings is 1. The number of hydrogen-bond acceptors (Lipinski definition) is 3. The Morgan fingerprint density at radius 3 is 2.85 bits per heavy atom. The minimum absolute atomic E-state index is 0.221. The van der Waals surface area contributed by atoms with Crippen molar-refractivity contribution in [1.82, 2.24) is 4.98 Å². The van der Waals surface area contributed by atoms with Crippen molar-refractivity contribution in [3.8, 4) is 0 Å². The van der Waals surface area contributed by atoms with Crippen molar-refractivity contribution in [2.45, 2.75) is 6.92 Å². The first-order chi connectivity index (χ1) is 9.65. The van der Waals surface area contributed by atoms with E-state index in [1.807, 2.05) is 37.3 Å². The standard InChI is InChI=1S/C15H11BrN2O2/c1-9-8-13(10-4-2-3-5-12(10)17-9)18-15(19)11-6-7-20-14(11)16/h2-8H,1H3,(H,17,18,19). The summed E-state index contributed by atoms with van der Waals surface area (Å²) in [5.74, 6) is -0.221. The quantitative estimate of drug-likeness (QED) is 0.767. The summed E-state index contributed by atoms with van der Waals surface area (Å²) in [7, 11) is 0. The van der Waals surface area contributed by atoms with Gasteiger partial charge < -0.3 is 9.73 Å². The summed E-state index contributed by atoms with van der Waals surface area (Å²) >= 11 is 3.20. The average Bonchev–Trinajstić information content (AvgIpc) is 2.85. The zero-order chi connectivity index (χ0) is 14.1. The normalized spacial score (nSPS) is 10.7. The minimum atomic E-state index is -0.221. The fraction of sp³-hybridized carbons (Fsp3) is 0.0667. The monoisotopic (exact) mass is 330 g/mol. The van der Waals surface area contributed by atoms with Crippen LogP contribution in [0.15, 0.2) is 51.7 Å². The number of aryl methyl sites for hydroxylation is 1. The molecule has 0 unspecified atom stereocenters. The molecule has 0 saturated heterocycles. The SMILES string of the molecule is Cc1cc(NC(=O)c2ccoc2Br)c2ccccc2n1. The van der Waals surface area contributed by atoms with Crippen molar-refractivity contribution < 1.29 is 9.21 Å². The Hall–Kier alpha value is -2.14. The molecule has 1 aromatic carbocycles. The Bertz CT molecular complexity index is 795. The molecule has 5 heteroatoms. The second-order valence-corrected chi connectivity index (χ2v) is 5.11. The van der Waals surface area contributed by atoms with Gasteiger partial charge in [-0.1, -0.05) is 18.2 Å². The summed E-state index contributed by atoms with van der Waals surface area (Å²) in [5, 5.41) is 3.81. The van der Waals surface area contributed by atoms with Gasteiger partial charge in [-0.3, -0.25) is 9.78 Å². The Balaban J connectivity index is 2.03. The number of hydrogen-bond donors (Lipinski definition) is 1. The molecule has 0 spiro atoms. The fourth-order valence-corrected chi connectivity index (χ4v) is 2.48. The number of fused-ring (bicyclic) bond motifs is 1. The molecule has 0 radical (unpaired) electrons. The molecule has 1 amide bonds. The van der Waals surface area contributed by atoms with E-state index in [1.54, 1.807) is 6.07 Å². The second-order valence-electron chi connectivity index (χ2n) is 4.39. The molecule has 0 saturated carbocycles. The molecule has 2 heterocycles. The maximum Gasteiger partial charge on any atom is 0.260 e. The molecule has 0 aliphatic rings. The van der Waals surface area contributed by atoms with Crippen LogP contribution < -0.4 is 5.32 Å². The first-order valence-corrected chi connectivity index (χ1v) is 6.85. The Labute approximate surface area is 123 Å². The highest BCUT2D eigenvalue weighted by molar-refractivity contribution is 9.10. The first kappa shape index (κ1) is 12.9. The predicted octanol–water partition coefficient (Wildman–Crippen LogP) is 4.15. The van der Waals surface area contributed by atoms with Crippen LogP contribution in [0, 0.1) is 6.92 Å². The van der Waals surface area contributed by atoms with Crippen molar-refractivity contribution in [3.05, 3.63) is 58.6 Å². The molecule has 100 valence electrons. The van der Waals surface area contributed by atoms with Crippen LogP contribution in [0.25, 0.3) is 10.9 Å². The Morgan fingerprint density at radius 1 is 1.30 bits per heavy atom. The zero-order valence-corrected chi connectivity index (χ0v) is 12.3. The van der Waals surface area contributed by atoms with Crippen LogP contribution in [0.4, 0.5) is 5.69 Å². The first-order valence-electron chi connectivity index (χ1n) is 6.06. The molecule has 0 aliphatic carbocycles. The van der Waals surface area contributed by atoms with Crippen LogP contribution in [-0.2, 0) is 0 Å². The minimum Gasteiger partial charge on any atom is -0.457 e. The lowest BCUT2D eigenvalue weighted by Gasteiger charge is -2.09. The van der Waals surface area contributed by atoms with Gasteiger partial charge in [-0.25, -0.2) is 0 Å². The number of aromatic nitrogens is 1. The number of furan rings is 1. The van der Waals surface area contributed by atoms with Crippen molar-refractivity contribution >= 4 is 38.4 Å². The van der Waals surface area contributed by atoms with Crippen LogP contribution in [0.1, 0.15) is 16.1 Å². The topological polar surface area (TPSA) is 55.1 Å².